The highest BCUT2D eigenvalue weighted by molar-refractivity contribution is 5.85. The molecule has 2 rings (SSSR count). The second-order valence-corrected chi connectivity index (χ2v) is 5.99. The largest absolute Gasteiger partial charge is 0.374 e. The lowest BCUT2D eigenvalue weighted by Gasteiger charge is -2.33. The number of hydrogen-bond donors (Lipinski definition) is 2. The fraction of sp³-hybridized carbons (Fsp3) is 0.929. The fourth-order valence-corrected chi connectivity index (χ4v) is 2.95. The Hall–Kier alpha value is -0.360. The summed E-state index contributed by atoms with van der Waals surface area (Å²) in [5.74, 6) is 0.968. The summed E-state index contributed by atoms with van der Waals surface area (Å²) in [7, 11) is 0. The Morgan fingerprint density at radius 2 is 2.05 bits per heavy atom. The van der Waals surface area contributed by atoms with Gasteiger partial charge in [-0.25, -0.2) is 0 Å². The van der Waals surface area contributed by atoms with Crippen LogP contribution >= 0.6 is 12.4 Å². The molecule has 1 saturated carbocycles. The zero-order chi connectivity index (χ0) is 13.7. The van der Waals surface area contributed by atoms with Gasteiger partial charge in [0.2, 0.25) is 5.91 Å². The Morgan fingerprint density at radius 1 is 1.35 bits per heavy atom. The lowest BCUT2D eigenvalue weighted by molar-refractivity contribution is -0.125. The number of carbonyl (C=O) groups excluding carboxylic acids is 1. The molecule has 1 saturated heterocycles. The van der Waals surface area contributed by atoms with E-state index in [4.69, 9.17) is 10.5 Å². The van der Waals surface area contributed by atoms with E-state index in [1.165, 1.54) is 12.8 Å². The number of halogens is 1. The van der Waals surface area contributed by atoms with Gasteiger partial charge >= 0.3 is 0 Å². The van der Waals surface area contributed by atoms with Crippen LogP contribution in [-0.2, 0) is 9.53 Å². The summed E-state index contributed by atoms with van der Waals surface area (Å²) in [4.78, 5) is 14.2. The first-order valence-corrected chi connectivity index (χ1v) is 7.50. The van der Waals surface area contributed by atoms with Crippen LogP contribution in [0.25, 0.3) is 0 Å². The summed E-state index contributed by atoms with van der Waals surface area (Å²) in [5.41, 5.74) is 5.61. The molecule has 3 N–H and O–H groups in total. The summed E-state index contributed by atoms with van der Waals surface area (Å²) >= 11 is 0. The minimum atomic E-state index is 0. The maximum Gasteiger partial charge on any atom is 0.234 e. The van der Waals surface area contributed by atoms with Crippen molar-refractivity contribution in [2.45, 2.75) is 44.8 Å². The first-order chi connectivity index (χ1) is 9.17. The molecule has 2 fully saturated rings. The van der Waals surface area contributed by atoms with Gasteiger partial charge in [-0.2, -0.15) is 0 Å². The minimum Gasteiger partial charge on any atom is -0.374 e. The van der Waals surface area contributed by atoms with Gasteiger partial charge in [0.25, 0.3) is 0 Å². The van der Waals surface area contributed by atoms with E-state index < -0.39 is 0 Å². The van der Waals surface area contributed by atoms with Crippen molar-refractivity contribution in [3.63, 3.8) is 0 Å². The van der Waals surface area contributed by atoms with E-state index in [-0.39, 0.29) is 24.4 Å². The topological polar surface area (TPSA) is 67.6 Å². The molecule has 0 aromatic carbocycles. The number of amides is 1. The molecule has 0 bridgehead atoms. The SMILES string of the molecule is CC1CCC(NC(=O)CN2CCOC(CN)C2)CC1.Cl. The van der Waals surface area contributed by atoms with Crippen molar-refractivity contribution in [2.24, 2.45) is 11.7 Å². The Kier molecular flexibility index (Phi) is 7.80. The van der Waals surface area contributed by atoms with Crippen molar-refractivity contribution < 1.29 is 9.53 Å². The lowest BCUT2D eigenvalue weighted by Crippen LogP contribution is -2.50. The van der Waals surface area contributed by atoms with Gasteiger partial charge in [0.05, 0.1) is 19.3 Å². The molecule has 1 aliphatic carbocycles. The van der Waals surface area contributed by atoms with E-state index in [0.717, 1.165) is 31.8 Å². The maximum absolute atomic E-state index is 12.0. The maximum atomic E-state index is 12.0. The number of nitrogens with zero attached hydrogens (tertiary/aromatic N) is 1. The quantitative estimate of drug-likeness (QED) is 0.805. The average molecular weight is 306 g/mol. The van der Waals surface area contributed by atoms with Gasteiger partial charge in [-0.1, -0.05) is 6.92 Å². The standard InChI is InChI=1S/C14H27N3O2.ClH/c1-11-2-4-12(5-3-11)16-14(18)10-17-6-7-19-13(8-15)9-17;/h11-13H,2-10,15H2,1H3,(H,16,18);1H. The summed E-state index contributed by atoms with van der Waals surface area (Å²) in [6, 6.07) is 0.384. The summed E-state index contributed by atoms with van der Waals surface area (Å²) < 4.78 is 5.50. The van der Waals surface area contributed by atoms with Crippen molar-refractivity contribution in [3.05, 3.63) is 0 Å². The van der Waals surface area contributed by atoms with E-state index in [1.807, 2.05) is 0 Å². The van der Waals surface area contributed by atoms with Gasteiger partial charge in [0, 0.05) is 25.7 Å². The molecule has 0 aromatic rings. The zero-order valence-electron chi connectivity index (χ0n) is 12.3. The lowest BCUT2D eigenvalue weighted by atomic mass is 9.87. The van der Waals surface area contributed by atoms with E-state index in [0.29, 0.717) is 25.7 Å². The van der Waals surface area contributed by atoms with Crippen molar-refractivity contribution in [1.29, 1.82) is 0 Å². The number of rotatable bonds is 4. The molecule has 1 aliphatic heterocycles. The van der Waals surface area contributed by atoms with Crippen molar-refractivity contribution in [2.75, 3.05) is 32.8 Å². The van der Waals surface area contributed by atoms with Gasteiger partial charge in [-0.15, -0.1) is 12.4 Å². The number of carbonyl (C=O) groups is 1. The molecular weight excluding hydrogens is 278 g/mol. The molecule has 6 heteroatoms. The third kappa shape index (κ3) is 5.56. The van der Waals surface area contributed by atoms with Crippen LogP contribution in [0.15, 0.2) is 0 Å². The van der Waals surface area contributed by atoms with E-state index in [1.54, 1.807) is 0 Å². The molecule has 1 atom stereocenters. The van der Waals surface area contributed by atoms with Gasteiger partial charge < -0.3 is 15.8 Å². The van der Waals surface area contributed by atoms with Crippen LogP contribution in [0, 0.1) is 5.92 Å². The van der Waals surface area contributed by atoms with Crippen molar-refractivity contribution in [3.8, 4) is 0 Å². The van der Waals surface area contributed by atoms with Crippen LogP contribution in [0.4, 0.5) is 0 Å². The molecule has 0 aromatic heterocycles. The van der Waals surface area contributed by atoms with Crippen LogP contribution in [-0.4, -0.2) is 55.7 Å². The smallest absolute Gasteiger partial charge is 0.234 e. The summed E-state index contributed by atoms with van der Waals surface area (Å²) in [6.07, 6.45) is 4.80. The van der Waals surface area contributed by atoms with Crippen molar-refractivity contribution >= 4 is 18.3 Å². The second kappa shape index (κ2) is 8.82. The molecule has 1 amide bonds. The van der Waals surface area contributed by atoms with Gasteiger partial charge in [-0.3, -0.25) is 9.69 Å². The monoisotopic (exact) mass is 305 g/mol. The Labute approximate surface area is 128 Å². The number of ether oxygens (including phenoxy) is 1. The van der Waals surface area contributed by atoms with Gasteiger partial charge in [0.15, 0.2) is 0 Å². The zero-order valence-corrected chi connectivity index (χ0v) is 13.2. The molecule has 1 heterocycles. The molecule has 5 nitrogen and oxygen atoms in total. The molecular formula is C14H28ClN3O2. The fourth-order valence-electron chi connectivity index (χ4n) is 2.95. The highest BCUT2D eigenvalue weighted by atomic mass is 35.5. The number of hydrogen-bond acceptors (Lipinski definition) is 4. The van der Waals surface area contributed by atoms with Gasteiger partial charge in [0.1, 0.15) is 0 Å². The highest BCUT2D eigenvalue weighted by Crippen LogP contribution is 2.23. The third-order valence-electron chi connectivity index (χ3n) is 4.23. The molecule has 118 valence electrons. The first kappa shape index (κ1) is 17.7. The molecule has 2 aliphatic rings. The minimum absolute atomic E-state index is 0. The summed E-state index contributed by atoms with van der Waals surface area (Å²) in [5, 5.41) is 3.17. The van der Waals surface area contributed by atoms with E-state index in [2.05, 4.69) is 17.1 Å². The number of nitrogens with two attached hydrogens (primary N) is 1. The predicted molar refractivity (Wildman–Crippen MR) is 82.0 cm³/mol. The Balaban J connectivity index is 0.00000200. The Morgan fingerprint density at radius 3 is 2.70 bits per heavy atom. The first-order valence-electron chi connectivity index (χ1n) is 7.50. The number of morpholine rings is 1. The van der Waals surface area contributed by atoms with Crippen molar-refractivity contribution in [1.82, 2.24) is 10.2 Å². The number of nitrogens with one attached hydrogen (secondary N) is 1. The van der Waals surface area contributed by atoms with Gasteiger partial charge in [-0.05, 0) is 31.6 Å². The highest BCUT2D eigenvalue weighted by Gasteiger charge is 2.23. The normalized spacial score (nSPS) is 31.4. The Bertz CT molecular complexity index is 296. The van der Waals surface area contributed by atoms with Crippen LogP contribution in [0.1, 0.15) is 32.6 Å². The molecule has 0 radical (unpaired) electrons. The molecule has 20 heavy (non-hydrogen) atoms. The van der Waals surface area contributed by atoms with Crippen LogP contribution < -0.4 is 11.1 Å². The van der Waals surface area contributed by atoms with E-state index >= 15 is 0 Å². The van der Waals surface area contributed by atoms with Crippen LogP contribution in [0.2, 0.25) is 0 Å². The van der Waals surface area contributed by atoms with Crippen LogP contribution in [0.5, 0.6) is 0 Å². The molecule has 0 spiro atoms. The molecule has 1 unspecified atom stereocenters. The predicted octanol–water partition coefficient (Wildman–Crippen LogP) is 0.763. The summed E-state index contributed by atoms with van der Waals surface area (Å²) in [6.45, 7) is 5.57. The van der Waals surface area contributed by atoms with E-state index in [9.17, 15) is 4.79 Å². The van der Waals surface area contributed by atoms with Crippen LogP contribution in [0.3, 0.4) is 0 Å². The average Bonchev–Trinajstić information content (AvgIpc) is 2.41. The second-order valence-electron chi connectivity index (χ2n) is 5.99. The third-order valence-corrected chi connectivity index (χ3v) is 4.23.